The van der Waals surface area contributed by atoms with Crippen molar-refractivity contribution in [1.29, 1.82) is 0 Å². The first-order valence-corrected chi connectivity index (χ1v) is 7.05. The third-order valence-electron chi connectivity index (χ3n) is 3.17. The number of benzene rings is 1. The van der Waals surface area contributed by atoms with E-state index in [0.717, 1.165) is 0 Å². The average molecular weight is 233 g/mol. The highest BCUT2D eigenvalue weighted by molar-refractivity contribution is 5.45. The molecule has 1 nitrogen and oxygen atoms in total. The molecule has 0 aromatic heterocycles. The molecule has 0 saturated heterocycles. The van der Waals surface area contributed by atoms with Gasteiger partial charge in [0.25, 0.3) is 0 Å². The lowest BCUT2D eigenvalue weighted by Crippen LogP contribution is -2.14. The number of rotatable bonds is 8. The minimum absolute atomic E-state index is 0.582. The van der Waals surface area contributed by atoms with Crippen molar-refractivity contribution >= 4 is 5.69 Å². The van der Waals surface area contributed by atoms with Crippen LogP contribution in [0.5, 0.6) is 0 Å². The van der Waals surface area contributed by atoms with Gasteiger partial charge in [-0.25, -0.2) is 0 Å². The van der Waals surface area contributed by atoms with E-state index in [2.05, 4.69) is 50.4 Å². The van der Waals surface area contributed by atoms with Crippen LogP contribution < -0.4 is 5.32 Å². The maximum absolute atomic E-state index is 3.57. The van der Waals surface area contributed by atoms with E-state index >= 15 is 0 Å². The van der Waals surface area contributed by atoms with Crippen molar-refractivity contribution < 1.29 is 0 Å². The Morgan fingerprint density at radius 1 is 1.12 bits per heavy atom. The van der Waals surface area contributed by atoms with Crippen LogP contribution in [0, 0.1) is 6.92 Å². The van der Waals surface area contributed by atoms with Crippen molar-refractivity contribution in [3.63, 3.8) is 0 Å². The zero-order valence-corrected chi connectivity index (χ0v) is 11.6. The Balaban J connectivity index is 2.18. The molecule has 0 amide bonds. The summed E-state index contributed by atoms with van der Waals surface area (Å²) in [4.78, 5) is 0. The van der Waals surface area contributed by atoms with Gasteiger partial charge in [0.2, 0.25) is 0 Å². The van der Waals surface area contributed by atoms with Gasteiger partial charge in [-0.2, -0.15) is 0 Å². The van der Waals surface area contributed by atoms with E-state index in [-0.39, 0.29) is 0 Å². The standard InChI is InChI=1S/C16H27N/c1-4-5-6-7-8-11-15(3)17-16-12-9-10-14(2)13-16/h9-10,12-13,15,17H,4-8,11H2,1-3H3. The molecule has 1 atom stereocenters. The molecule has 0 spiro atoms. The zero-order chi connectivity index (χ0) is 12.5. The molecule has 0 aliphatic heterocycles. The number of aryl methyl sites for hydroxylation is 1. The van der Waals surface area contributed by atoms with Gasteiger partial charge in [-0.3, -0.25) is 0 Å². The van der Waals surface area contributed by atoms with Gasteiger partial charge in [0.15, 0.2) is 0 Å². The monoisotopic (exact) mass is 233 g/mol. The van der Waals surface area contributed by atoms with Gasteiger partial charge < -0.3 is 5.32 Å². The maximum atomic E-state index is 3.57. The average Bonchev–Trinajstić information content (AvgIpc) is 2.29. The molecule has 1 rings (SSSR count). The summed E-state index contributed by atoms with van der Waals surface area (Å²) in [7, 11) is 0. The fourth-order valence-electron chi connectivity index (χ4n) is 2.15. The first kappa shape index (κ1) is 14.1. The number of unbranched alkanes of at least 4 members (excludes halogenated alkanes) is 4. The molecule has 0 saturated carbocycles. The molecule has 1 aromatic carbocycles. The van der Waals surface area contributed by atoms with E-state index in [4.69, 9.17) is 0 Å². The van der Waals surface area contributed by atoms with E-state index in [1.807, 2.05) is 0 Å². The highest BCUT2D eigenvalue weighted by Crippen LogP contribution is 2.14. The molecule has 0 bridgehead atoms. The molecular weight excluding hydrogens is 206 g/mol. The molecule has 1 heteroatoms. The Morgan fingerprint density at radius 2 is 1.88 bits per heavy atom. The van der Waals surface area contributed by atoms with Gasteiger partial charge in [0.05, 0.1) is 0 Å². The molecule has 0 aliphatic rings. The predicted molar refractivity (Wildman–Crippen MR) is 77.6 cm³/mol. The molecule has 1 unspecified atom stereocenters. The van der Waals surface area contributed by atoms with Gasteiger partial charge in [0.1, 0.15) is 0 Å². The highest BCUT2D eigenvalue weighted by atomic mass is 14.9. The minimum atomic E-state index is 0.582. The van der Waals surface area contributed by atoms with Gasteiger partial charge >= 0.3 is 0 Å². The summed E-state index contributed by atoms with van der Waals surface area (Å²) in [5, 5.41) is 3.57. The Hall–Kier alpha value is -0.980. The molecular formula is C16H27N. The quantitative estimate of drug-likeness (QED) is 0.612. The summed E-state index contributed by atoms with van der Waals surface area (Å²) in [5.41, 5.74) is 2.58. The van der Waals surface area contributed by atoms with Gasteiger partial charge in [-0.15, -0.1) is 0 Å². The fraction of sp³-hybridized carbons (Fsp3) is 0.625. The summed E-state index contributed by atoms with van der Waals surface area (Å²) in [6.07, 6.45) is 8.12. The summed E-state index contributed by atoms with van der Waals surface area (Å²) in [5.74, 6) is 0. The van der Waals surface area contributed by atoms with E-state index in [9.17, 15) is 0 Å². The Morgan fingerprint density at radius 3 is 2.59 bits per heavy atom. The first-order chi connectivity index (χ1) is 8.22. The Labute approximate surface area is 107 Å². The molecule has 17 heavy (non-hydrogen) atoms. The third-order valence-corrected chi connectivity index (χ3v) is 3.17. The van der Waals surface area contributed by atoms with Crippen LogP contribution in [0.3, 0.4) is 0 Å². The van der Waals surface area contributed by atoms with Crippen LogP contribution in [0.4, 0.5) is 5.69 Å². The summed E-state index contributed by atoms with van der Waals surface area (Å²) in [6.45, 7) is 6.69. The number of hydrogen-bond donors (Lipinski definition) is 1. The Kier molecular flexibility index (Phi) is 6.76. The molecule has 0 aliphatic carbocycles. The zero-order valence-electron chi connectivity index (χ0n) is 11.6. The van der Waals surface area contributed by atoms with Crippen molar-refractivity contribution in [3.8, 4) is 0 Å². The van der Waals surface area contributed by atoms with Crippen LogP contribution >= 0.6 is 0 Å². The second-order valence-corrected chi connectivity index (χ2v) is 5.12. The van der Waals surface area contributed by atoms with Gasteiger partial charge in [-0.1, -0.05) is 51.2 Å². The van der Waals surface area contributed by atoms with Crippen LogP contribution in [0.15, 0.2) is 24.3 Å². The lowest BCUT2D eigenvalue weighted by molar-refractivity contribution is 0.578. The van der Waals surface area contributed by atoms with Crippen molar-refractivity contribution in [2.24, 2.45) is 0 Å². The van der Waals surface area contributed by atoms with Crippen molar-refractivity contribution in [3.05, 3.63) is 29.8 Å². The minimum Gasteiger partial charge on any atom is -0.383 e. The van der Waals surface area contributed by atoms with Gasteiger partial charge in [-0.05, 0) is 38.0 Å². The van der Waals surface area contributed by atoms with Crippen LogP contribution in [0.25, 0.3) is 0 Å². The van der Waals surface area contributed by atoms with Crippen molar-refractivity contribution in [1.82, 2.24) is 0 Å². The molecule has 0 fully saturated rings. The van der Waals surface area contributed by atoms with E-state index in [1.54, 1.807) is 0 Å². The SMILES string of the molecule is CCCCCCCC(C)Nc1cccc(C)c1. The topological polar surface area (TPSA) is 12.0 Å². The lowest BCUT2D eigenvalue weighted by atomic mass is 10.1. The Bertz CT molecular complexity index is 306. The summed E-state index contributed by atoms with van der Waals surface area (Å²) in [6, 6.07) is 9.21. The van der Waals surface area contributed by atoms with E-state index in [1.165, 1.54) is 49.8 Å². The van der Waals surface area contributed by atoms with E-state index in [0.29, 0.717) is 6.04 Å². The molecule has 1 N–H and O–H groups in total. The van der Waals surface area contributed by atoms with Crippen LogP contribution in [-0.4, -0.2) is 6.04 Å². The molecule has 1 aromatic rings. The molecule has 96 valence electrons. The molecule has 0 heterocycles. The van der Waals surface area contributed by atoms with Crippen LogP contribution in [0.2, 0.25) is 0 Å². The van der Waals surface area contributed by atoms with E-state index < -0.39 is 0 Å². The second-order valence-electron chi connectivity index (χ2n) is 5.12. The number of anilines is 1. The van der Waals surface area contributed by atoms with Crippen LogP contribution in [-0.2, 0) is 0 Å². The van der Waals surface area contributed by atoms with Gasteiger partial charge in [0, 0.05) is 11.7 Å². The third kappa shape index (κ3) is 6.35. The second kappa shape index (κ2) is 8.16. The normalized spacial score (nSPS) is 12.4. The summed E-state index contributed by atoms with van der Waals surface area (Å²) < 4.78 is 0. The molecule has 0 radical (unpaired) electrons. The summed E-state index contributed by atoms with van der Waals surface area (Å²) >= 11 is 0. The lowest BCUT2D eigenvalue weighted by Gasteiger charge is -2.15. The highest BCUT2D eigenvalue weighted by Gasteiger charge is 2.01. The van der Waals surface area contributed by atoms with Crippen LogP contribution in [0.1, 0.15) is 57.9 Å². The predicted octanol–water partition coefficient (Wildman–Crippen LogP) is 5.16. The maximum Gasteiger partial charge on any atom is 0.0344 e. The van der Waals surface area contributed by atoms with Crippen molar-refractivity contribution in [2.45, 2.75) is 65.3 Å². The first-order valence-electron chi connectivity index (χ1n) is 7.05. The number of hydrogen-bond acceptors (Lipinski definition) is 1. The van der Waals surface area contributed by atoms with Crippen molar-refractivity contribution in [2.75, 3.05) is 5.32 Å². The largest absolute Gasteiger partial charge is 0.383 e. The number of nitrogens with one attached hydrogen (secondary N) is 1. The fourth-order valence-corrected chi connectivity index (χ4v) is 2.15. The smallest absolute Gasteiger partial charge is 0.0344 e.